The summed E-state index contributed by atoms with van der Waals surface area (Å²) in [6.45, 7) is 2.08. The third-order valence-corrected chi connectivity index (χ3v) is 5.36. The molecule has 0 aliphatic heterocycles. The van der Waals surface area contributed by atoms with Gasteiger partial charge in [-0.05, 0) is 42.9 Å². The number of thiophene rings is 1. The Morgan fingerprint density at radius 3 is 2.56 bits per heavy atom. The molecule has 0 saturated carbocycles. The smallest absolute Gasteiger partial charge is 0.189 e. The second-order valence-electron chi connectivity index (χ2n) is 5.98. The quantitative estimate of drug-likeness (QED) is 0.337. The van der Waals surface area contributed by atoms with E-state index >= 15 is 0 Å². The van der Waals surface area contributed by atoms with Crippen molar-refractivity contribution in [2.24, 2.45) is 0 Å². The van der Waals surface area contributed by atoms with Crippen LogP contribution in [0.25, 0.3) is 20.7 Å². The minimum Gasteiger partial charge on any atom is -0.331 e. The van der Waals surface area contributed by atoms with Gasteiger partial charge in [0.15, 0.2) is 10.9 Å². The Balaban J connectivity index is 1.52. The van der Waals surface area contributed by atoms with Crippen molar-refractivity contribution in [1.29, 1.82) is 0 Å². The number of rotatable bonds is 4. The molecule has 2 heterocycles. The second-order valence-corrected chi connectivity index (χ2v) is 7.44. The lowest BCUT2D eigenvalue weighted by atomic mass is 10.1. The molecule has 5 nitrogen and oxygen atoms in total. The van der Waals surface area contributed by atoms with Gasteiger partial charge in [-0.15, -0.1) is 11.3 Å². The summed E-state index contributed by atoms with van der Waals surface area (Å²) >= 11 is 6.97. The summed E-state index contributed by atoms with van der Waals surface area (Å²) in [5, 5.41) is 3.58. The van der Waals surface area contributed by atoms with Gasteiger partial charge < -0.3 is 5.32 Å². The molecule has 0 saturated heterocycles. The van der Waals surface area contributed by atoms with Crippen molar-refractivity contribution in [2.75, 3.05) is 10.7 Å². The first kappa shape index (κ1) is 17.4. The Bertz CT molecular complexity index is 1070. The monoisotopic (exact) mass is 391 g/mol. The highest BCUT2D eigenvalue weighted by atomic mass is 32.1. The Hall–Kier alpha value is -3.03. The largest absolute Gasteiger partial charge is 0.331 e. The van der Waals surface area contributed by atoms with Gasteiger partial charge in [0, 0.05) is 10.6 Å². The molecule has 134 valence electrons. The maximum atomic E-state index is 5.33. The fourth-order valence-electron chi connectivity index (χ4n) is 2.60. The van der Waals surface area contributed by atoms with E-state index < -0.39 is 0 Å². The van der Waals surface area contributed by atoms with Crippen LogP contribution in [0.2, 0.25) is 0 Å². The molecule has 0 bridgehead atoms. The maximum absolute atomic E-state index is 5.33. The fraction of sp³-hybridized carbons (Fsp3) is 0.0500. The first-order valence-corrected chi connectivity index (χ1v) is 9.61. The lowest BCUT2D eigenvalue weighted by Gasteiger charge is -2.12. The number of fused-ring (bicyclic) bond motifs is 1. The molecule has 4 rings (SSSR count). The summed E-state index contributed by atoms with van der Waals surface area (Å²) in [4.78, 5) is 9.88. The fourth-order valence-corrected chi connectivity index (χ4v) is 3.83. The molecule has 0 aliphatic carbocycles. The molecule has 2 aromatic carbocycles. The van der Waals surface area contributed by atoms with Crippen LogP contribution in [0.1, 0.15) is 5.56 Å². The van der Waals surface area contributed by atoms with Gasteiger partial charge >= 0.3 is 0 Å². The van der Waals surface area contributed by atoms with Crippen molar-refractivity contribution in [3.63, 3.8) is 0 Å². The molecule has 0 unspecified atom stereocenters. The number of hydrogen-bond acceptors (Lipinski definition) is 5. The summed E-state index contributed by atoms with van der Waals surface area (Å²) in [6, 6.07) is 20.3. The average molecular weight is 392 g/mol. The van der Waals surface area contributed by atoms with Crippen molar-refractivity contribution in [2.45, 2.75) is 6.92 Å². The first-order valence-electron chi connectivity index (χ1n) is 8.39. The minimum absolute atomic E-state index is 0.461. The van der Waals surface area contributed by atoms with Crippen LogP contribution in [0.15, 0.2) is 67.0 Å². The van der Waals surface area contributed by atoms with Crippen LogP contribution in [0, 0.1) is 6.92 Å². The van der Waals surface area contributed by atoms with E-state index in [9.17, 15) is 0 Å². The number of nitrogens with zero attached hydrogens (tertiary/aromatic N) is 2. The first-order chi connectivity index (χ1) is 13.2. The number of aromatic nitrogens is 2. The van der Waals surface area contributed by atoms with Crippen molar-refractivity contribution in [3.8, 4) is 10.4 Å². The number of para-hydroxylation sites is 1. The standard InChI is InChI=1S/C20H17N5S2/c1-13-7-9-14(10-8-13)17-11-16-18(27-17)19(22-12-21-16)24-25-20(26)23-15-5-3-2-4-6-15/h2-12H,1H3,(H,21,22,24)(H2,23,25,26). The van der Waals surface area contributed by atoms with Crippen LogP contribution in [-0.4, -0.2) is 15.1 Å². The van der Waals surface area contributed by atoms with Gasteiger partial charge in [0.2, 0.25) is 0 Å². The molecule has 7 heteroatoms. The molecule has 0 radical (unpaired) electrons. The Kier molecular flexibility index (Phi) is 4.95. The van der Waals surface area contributed by atoms with Gasteiger partial charge in [0.25, 0.3) is 0 Å². The number of aryl methyl sites for hydroxylation is 1. The van der Waals surface area contributed by atoms with Crippen LogP contribution >= 0.6 is 23.6 Å². The zero-order valence-corrected chi connectivity index (χ0v) is 16.2. The van der Waals surface area contributed by atoms with Gasteiger partial charge in [-0.1, -0.05) is 48.0 Å². The highest BCUT2D eigenvalue weighted by Gasteiger charge is 2.10. The second kappa shape index (κ2) is 7.69. The molecular weight excluding hydrogens is 374 g/mol. The lowest BCUT2D eigenvalue weighted by Crippen LogP contribution is -2.33. The topological polar surface area (TPSA) is 61.9 Å². The van der Waals surface area contributed by atoms with E-state index in [4.69, 9.17) is 12.2 Å². The van der Waals surface area contributed by atoms with Gasteiger partial charge in [0.1, 0.15) is 6.33 Å². The third-order valence-electron chi connectivity index (χ3n) is 3.97. The molecule has 27 heavy (non-hydrogen) atoms. The highest BCUT2D eigenvalue weighted by molar-refractivity contribution is 7.80. The van der Waals surface area contributed by atoms with Gasteiger partial charge in [0.05, 0.1) is 10.2 Å². The lowest BCUT2D eigenvalue weighted by molar-refractivity contribution is 1.09. The van der Waals surface area contributed by atoms with E-state index in [0.29, 0.717) is 10.9 Å². The van der Waals surface area contributed by atoms with E-state index in [1.807, 2.05) is 30.3 Å². The summed E-state index contributed by atoms with van der Waals surface area (Å²) in [5.74, 6) is 0.695. The van der Waals surface area contributed by atoms with Crippen LogP contribution in [0.3, 0.4) is 0 Å². The number of thiocarbonyl (C=S) groups is 1. The predicted molar refractivity (Wildman–Crippen MR) is 117 cm³/mol. The molecule has 3 N–H and O–H groups in total. The van der Waals surface area contributed by atoms with Crippen LogP contribution in [0.5, 0.6) is 0 Å². The number of hydrazine groups is 1. The minimum atomic E-state index is 0.461. The highest BCUT2D eigenvalue weighted by Crippen LogP contribution is 2.35. The van der Waals surface area contributed by atoms with E-state index in [0.717, 1.165) is 20.8 Å². The van der Waals surface area contributed by atoms with E-state index in [-0.39, 0.29) is 0 Å². The summed E-state index contributed by atoms with van der Waals surface area (Å²) < 4.78 is 0.975. The summed E-state index contributed by atoms with van der Waals surface area (Å²) in [7, 11) is 0. The van der Waals surface area contributed by atoms with E-state index in [1.165, 1.54) is 11.1 Å². The van der Waals surface area contributed by atoms with Gasteiger partial charge in [-0.25, -0.2) is 9.97 Å². The van der Waals surface area contributed by atoms with E-state index in [1.54, 1.807) is 17.7 Å². The van der Waals surface area contributed by atoms with Crippen molar-refractivity contribution >= 4 is 50.4 Å². The molecular formula is C20H17N5S2. The number of benzene rings is 2. The molecule has 0 fully saturated rings. The molecule has 4 aromatic rings. The Morgan fingerprint density at radius 1 is 1.00 bits per heavy atom. The molecule has 0 aliphatic rings. The SMILES string of the molecule is Cc1ccc(-c2cc3ncnc(NNC(=S)Nc4ccccc4)c3s2)cc1. The molecule has 0 atom stereocenters. The van der Waals surface area contributed by atoms with Crippen LogP contribution in [0.4, 0.5) is 11.5 Å². The third kappa shape index (κ3) is 4.05. The summed E-state index contributed by atoms with van der Waals surface area (Å²) in [5.41, 5.74) is 10.3. The molecule has 2 aromatic heterocycles. The number of hydrogen-bond donors (Lipinski definition) is 3. The maximum Gasteiger partial charge on any atom is 0.189 e. The number of nitrogens with one attached hydrogen (secondary N) is 3. The van der Waals surface area contributed by atoms with E-state index in [2.05, 4.69) is 63.4 Å². The van der Waals surface area contributed by atoms with Gasteiger partial charge in [-0.3, -0.25) is 10.9 Å². The summed E-state index contributed by atoms with van der Waals surface area (Å²) in [6.07, 6.45) is 1.55. The molecule has 0 amide bonds. The Labute approximate surface area is 166 Å². The van der Waals surface area contributed by atoms with Crippen LogP contribution < -0.4 is 16.2 Å². The van der Waals surface area contributed by atoms with Gasteiger partial charge in [-0.2, -0.15) is 0 Å². The Morgan fingerprint density at radius 2 is 1.78 bits per heavy atom. The zero-order chi connectivity index (χ0) is 18.6. The molecule has 0 spiro atoms. The van der Waals surface area contributed by atoms with Crippen LogP contribution in [-0.2, 0) is 0 Å². The number of anilines is 2. The van der Waals surface area contributed by atoms with Crippen molar-refractivity contribution in [1.82, 2.24) is 15.4 Å². The van der Waals surface area contributed by atoms with Crippen molar-refractivity contribution in [3.05, 3.63) is 72.6 Å². The zero-order valence-electron chi connectivity index (χ0n) is 14.6. The average Bonchev–Trinajstić information content (AvgIpc) is 3.12. The predicted octanol–water partition coefficient (Wildman–Crippen LogP) is 4.98. The van der Waals surface area contributed by atoms with Crippen molar-refractivity contribution < 1.29 is 0 Å². The normalized spacial score (nSPS) is 10.6.